The normalized spacial score (nSPS) is 17.0. The molecule has 18 heavy (non-hydrogen) atoms. The number of aromatic nitrogens is 2. The van der Waals surface area contributed by atoms with E-state index in [-0.39, 0.29) is 18.3 Å². The molecule has 1 aromatic rings. The molecular weight excluding hydrogens is 254 g/mol. The van der Waals surface area contributed by atoms with Crippen molar-refractivity contribution in [2.24, 2.45) is 5.73 Å². The van der Waals surface area contributed by atoms with E-state index in [0.717, 1.165) is 19.0 Å². The molecule has 1 aromatic heterocycles. The Balaban J connectivity index is 0.00000162. The number of amides is 1. The second-order valence-corrected chi connectivity index (χ2v) is 4.15. The molecule has 1 aliphatic heterocycles. The van der Waals surface area contributed by atoms with E-state index in [1.807, 2.05) is 0 Å². The average Bonchev–Trinajstić information content (AvgIpc) is 2.39. The summed E-state index contributed by atoms with van der Waals surface area (Å²) in [5.41, 5.74) is 5.58. The number of hydrogen-bond acceptors (Lipinski definition) is 5. The van der Waals surface area contributed by atoms with Crippen molar-refractivity contribution in [3.63, 3.8) is 0 Å². The molecule has 0 spiro atoms. The predicted octanol–water partition coefficient (Wildman–Crippen LogP) is -0.106. The van der Waals surface area contributed by atoms with Crippen LogP contribution in [0.25, 0.3) is 0 Å². The van der Waals surface area contributed by atoms with E-state index in [9.17, 15) is 4.79 Å². The molecule has 1 saturated heterocycles. The van der Waals surface area contributed by atoms with Gasteiger partial charge in [-0.2, -0.15) is 0 Å². The van der Waals surface area contributed by atoms with Gasteiger partial charge in [0.05, 0.1) is 6.04 Å². The zero-order chi connectivity index (χ0) is 12.3. The van der Waals surface area contributed by atoms with Crippen LogP contribution in [0.15, 0.2) is 18.5 Å². The number of nitrogens with two attached hydrogens (primary N) is 1. The summed E-state index contributed by atoms with van der Waals surface area (Å²) in [6.45, 7) is 4.58. The van der Waals surface area contributed by atoms with Gasteiger partial charge in [0.15, 0.2) is 0 Å². The second-order valence-electron chi connectivity index (χ2n) is 4.15. The Bertz CT molecular complexity index is 378. The SMILES string of the molecule is CC(N)C(=O)N1CCN(c2ncccn2)CC1.Cl. The molecule has 1 unspecified atom stereocenters. The van der Waals surface area contributed by atoms with Gasteiger partial charge in [0.25, 0.3) is 0 Å². The van der Waals surface area contributed by atoms with Crippen LogP contribution in [0.1, 0.15) is 6.92 Å². The van der Waals surface area contributed by atoms with E-state index in [2.05, 4.69) is 14.9 Å². The zero-order valence-corrected chi connectivity index (χ0v) is 11.1. The maximum atomic E-state index is 11.7. The molecule has 100 valence electrons. The maximum Gasteiger partial charge on any atom is 0.239 e. The maximum absolute atomic E-state index is 11.7. The number of carbonyl (C=O) groups excluding carboxylic acids is 1. The lowest BCUT2D eigenvalue weighted by atomic mass is 10.2. The van der Waals surface area contributed by atoms with E-state index in [1.54, 1.807) is 30.3 Å². The summed E-state index contributed by atoms with van der Waals surface area (Å²) in [6.07, 6.45) is 3.45. The fourth-order valence-electron chi connectivity index (χ4n) is 1.87. The van der Waals surface area contributed by atoms with E-state index in [4.69, 9.17) is 5.73 Å². The highest BCUT2D eigenvalue weighted by Crippen LogP contribution is 2.09. The highest BCUT2D eigenvalue weighted by molar-refractivity contribution is 5.85. The van der Waals surface area contributed by atoms with Gasteiger partial charge < -0.3 is 15.5 Å². The lowest BCUT2D eigenvalue weighted by molar-refractivity contribution is -0.132. The fraction of sp³-hybridized carbons (Fsp3) is 0.545. The Hall–Kier alpha value is -1.40. The fourth-order valence-corrected chi connectivity index (χ4v) is 1.87. The molecule has 2 heterocycles. The highest BCUT2D eigenvalue weighted by atomic mass is 35.5. The third-order valence-electron chi connectivity index (χ3n) is 2.82. The number of nitrogens with zero attached hydrogens (tertiary/aromatic N) is 4. The third kappa shape index (κ3) is 3.30. The van der Waals surface area contributed by atoms with E-state index < -0.39 is 6.04 Å². The van der Waals surface area contributed by atoms with Crippen molar-refractivity contribution in [1.82, 2.24) is 14.9 Å². The minimum Gasteiger partial charge on any atom is -0.338 e. The lowest BCUT2D eigenvalue weighted by Crippen LogP contribution is -2.52. The van der Waals surface area contributed by atoms with Crippen LogP contribution in [-0.2, 0) is 4.79 Å². The van der Waals surface area contributed by atoms with E-state index in [1.165, 1.54) is 0 Å². The summed E-state index contributed by atoms with van der Waals surface area (Å²) >= 11 is 0. The molecule has 2 rings (SSSR count). The molecule has 0 bridgehead atoms. The number of rotatable bonds is 2. The topological polar surface area (TPSA) is 75.4 Å². The van der Waals surface area contributed by atoms with Gasteiger partial charge in [0.2, 0.25) is 11.9 Å². The minimum absolute atomic E-state index is 0. The monoisotopic (exact) mass is 271 g/mol. The number of piperazine rings is 1. The van der Waals surface area contributed by atoms with Gasteiger partial charge in [-0.1, -0.05) is 0 Å². The second kappa shape index (κ2) is 6.51. The number of hydrogen-bond donors (Lipinski definition) is 1. The van der Waals surface area contributed by atoms with Crippen molar-refractivity contribution >= 4 is 24.3 Å². The van der Waals surface area contributed by atoms with Gasteiger partial charge in [0, 0.05) is 38.6 Å². The largest absolute Gasteiger partial charge is 0.338 e. The Morgan fingerprint density at radius 1 is 1.28 bits per heavy atom. The Morgan fingerprint density at radius 2 is 1.83 bits per heavy atom. The molecule has 1 fully saturated rings. The van der Waals surface area contributed by atoms with Gasteiger partial charge in [-0.05, 0) is 13.0 Å². The van der Waals surface area contributed by atoms with E-state index >= 15 is 0 Å². The predicted molar refractivity (Wildman–Crippen MR) is 71.7 cm³/mol. The average molecular weight is 272 g/mol. The van der Waals surface area contributed by atoms with Crippen LogP contribution in [0, 0.1) is 0 Å². The summed E-state index contributed by atoms with van der Waals surface area (Å²) in [6, 6.07) is 1.37. The van der Waals surface area contributed by atoms with Crippen molar-refractivity contribution in [2.75, 3.05) is 31.1 Å². The van der Waals surface area contributed by atoms with Crippen molar-refractivity contribution in [1.29, 1.82) is 0 Å². The molecule has 1 atom stereocenters. The molecule has 6 nitrogen and oxygen atoms in total. The van der Waals surface area contributed by atoms with Crippen LogP contribution in [0.3, 0.4) is 0 Å². The molecular formula is C11H18ClN5O. The van der Waals surface area contributed by atoms with Crippen LogP contribution < -0.4 is 10.6 Å². The van der Waals surface area contributed by atoms with Gasteiger partial charge >= 0.3 is 0 Å². The minimum atomic E-state index is -0.422. The summed E-state index contributed by atoms with van der Waals surface area (Å²) in [5.74, 6) is 0.735. The van der Waals surface area contributed by atoms with Crippen molar-refractivity contribution in [3.8, 4) is 0 Å². The summed E-state index contributed by atoms with van der Waals surface area (Å²) in [4.78, 5) is 24.0. The van der Waals surface area contributed by atoms with Crippen molar-refractivity contribution in [2.45, 2.75) is 13.0 Å². The van der Waals surface area contributed by atoms with Crippen molar-refractivity contribution < 1.29 is 4.79 Å². The van der Waals surface area contributed by atoms with Gasteiger partial charge in [-0.15, -0.1) is 12.4 Å². The van der Waals surface area contributed by atoms with E-state index in [0.29, 0.717) is 13.1 Å². The lowest BCUT2D eigenvalue weighted by Gasteiger charge is -2.35. The number of carbonyl (C=O) groups is 1. The zero-order valence-electron chi connectivity index (χ0n) is 10.3. The summed E-state index contributed by atoms with van der Waals surface area (Å²) in [7, 11) is 0. The van der Waals surface area contributed by atoms with Gasteiger partial charge in [-0.3, -0.25) is 4.79 Å². The standard InChI is InChI=1S/C11H17N5O.ClH/c1-9(12)10(17)15-5-7-16(8-6-15)11-13-3-2-4-14-11;/h2-4,9H,5-8,12H2,1H3;1H. The first-order chi connectivity index (χ1) is 8.18. The van der Waals surface area contributed by atoms with Crippen LogP contribution in [0.5, 0.6) is 0 Å². The third-order valence-corrected chi connectivity index (χ3v) is 2.82. The van der Waals surface area contributed by atoms with Crippen LogP contribution in [-0.4, -0.2) is 53.0 Å². The first kappa shape index (κ1) is 14.7. The summed E-state index contributed by atoms with van der Waals surface area (Å²) in [5, 5.41) is 0. The first-order valence-corrected chi connectivity index (χ1v) is 5.75. The quantitative estimate of drug-likeness (QED) is 0.813. The smallest absolute Gasteiger partial charge is 0.239 e. The Morgan fingerprint density at radius 3 is 2.33 bits per heavy atom. The van der Waals surface area contributed by atoms with Crippen LogP contribution in [0.2, 0.25) is 0 Å². The molecule has 2 N–H and O–H groups in total. The van der Waals surface area contributed by atoms with Gasteiger partial charge in [0.1, 0.15) is 0 Å². The first-order valence-electron chi connectivity index (χ1n) is 5.75. The molecule has 0 radical (unpaired) electrons. The molecule has 0 aliphatic carbocycles. The van der Waals surface area contributed by atoms with Crippen molar-refractivity contribution in [3.05, 3.63) is 18.5 Å². The van der Waals surface area contributed by atoms with Crippen LogP contribution >= 0.6 is 12.4 Å². The summed E-state index contributed by atoms with van der Waals surface area (Å²) < 4.78 is 0. The number of anilines is 1. The number of halogens is 1. The molecule has 1 amide bonds. The Labute approximate surface area is 113 Å². The molecule has 0 aromatic carbocycles. The Kier molecular flexibility index (Phi) is 5.30. The van der Waals surface area contributed by atoms with Crippen LogP contribution in [0.4, 0.5) is 5.95 Å². The molecule has 0 saturated carbocycles. The molecule has 1 aliphatic rings. The van der Waals surface area contributed by atoms with Gasteiger partial charge in [-0.25, -0.2) is 9.97 Å². The highest BCUT2D eigenvalue weighted by Gasteiger charge is 2.23. The molecule has 7 heteroatoms.